The van der Waals surface area contributed by atoms with Crippen LogP contribution in [-0.4, -0.2) is 41.2 Å². The van der Waals surface area contributed by atoms with Crippen molar-refractivity contribution in [2.75, 3.05) is 26.2 Å². The first-order chi connectivity index (χ1) is 14.9. The number of nitrogens with zero attached hydrogens (tertiary/aromatic N) is 2. The second-order valence-corrected chi connectivity index (χ2v) is 9.74. The molecule has 0 aliphatic carbocycles. The number of benzene rings is 2. The third kappa shape index (κ3) is 5.08. The zero-order chi connectivity index (χ0) is 21.9. The molecule has 4 rings (SSSR count). The number of aliphatic hydroxyl groups is 1. The van der Waals surface area contributed by atoms with Crippen LogP contribution in [0.2, 0.25) is 0 Å². The van der Waals surface area contributed by atoms with E-state index in [1.165, 1.54) is 5.56 Å². The van der Waals surface area contributed by atoms with Crippen molar-refractivity contribution in [1.29, 1.82) is 0 Å². The monoisotopic (exact) mass is 418 g/mol. The van der Waals surface area contributed by atoms with Crippen molar-refractivity contribution in [2.45, 2.75) is 51.0 Å². The summed E-state index contributed by atoms with van der Waals surface area (Å²) in [5.41, 5.74) is 2.46. The van der Waals surface area contributed by atoms with Gasteiger partial charge in [0.2, 0.25) is 0 Å². The molecule has 0 bridgehead atoms. The Kier molecular flexibility index (Phi) is 6.31. The Balaban J connectivity index is 1.28. The Labute approximate surface area is 185 Å². The lowest BCUT2D eigenvalue weighted by molar-refractivity contribution is -0.0266. The lowest BCUT2D eigenvalue weighted by Gasteiger charge is -2.38. The minimum absolute atomic E-state index is 0.0749. The second kappa shape index (κ2) is 8.97. The fourth-order valence-corrected chi connectivity index (χ4v) is 4.44. The number of piperidine rings is 1. The maximum Gasteiger partial charge on any atom is 0.123 e. The molecule has 3 aromatic rings. The van der Waals surface area contributed by atoms with E-state index in [-0.39, 0.29) is 5.41 Å². The minimum Gasteiger partial charge on any atom is -0.493 e. The van der Waals surface area contributed by atoms with Crippen molar-refractivity contribution >= 4 is 10.9 Å². The predicted molar refractivity (Wildman–Crippen MR) is 127 cm³/mol. The van der Waals surface area contributed by atoms with Crippen LogP contribution >= 0.6 is 0 Å². The minimum atomic E-state index is -0.782. The average molecular weight is 419 g/mol. The maximum atomic E-state index is 11.3. The van der Waals surface area contributed by atoms with E-state index in [4.69, 9.17) is 4.74 Å². The summed E-state index contributed by atoms with van der Waals surface area (Å²) in [5.74, 6) is 0.992. The van der Waals surface area contributed by atoms with Crippen LogP contribution in [0.3, 0.4) is 0 Å². The molecule has 2 aromatic carbocycles. The summed E-state index contributed by atoms with van der Waals surface area (Å²) in [6.45, 7) is 10.1. The van der Waals surface area contributed by atoms with E-state index < -0.39 is 5.60 Å². The van der Waals surface area contributed by atoms with Gasteiger partial charge in [0.05, 0.1) is 17.7 Å². The molecule has 4 heteroatoms. The van der Waals surface area contributed by atoms with Crippen molar-refractivity contribution in [3.63, 3.8) is 0 Å². The van der Waals surface area contributed by atoms with E-state index in [1.54, 1.807) is 0 Å². The van der Waals surface area contributed by atoms with Gasteiger partial charge in [-0.1, -0.05) is 57.2 Å². The predicted octanol–water partition coefficient (Wildman–Crippen LogP) is 5.28. The number of likely N-dealkylation sites (tertiary alicyclic amines) is 1. The number of fused-ring (bicyclic) bond motifs is 1. The maximum absolute atomic E-state index is 11.3. The first-order valence-corrected chi connectivity index (χ1v) is 11.4. The molecular formula is C27H34N2O2. The summed E-state index contributed by atoms with van der Waals surface area (Å²) in [6.07, 6.45) is 4.30. The number of ether oxygens (including phenoxy) is 1. The largest absolute Gasteiger partial charge is 0.493 e. The highest BCUT2D eigenvalue weighted by Gasteiger charge is 2.34. The van der Waals surface area contributed by atoms with Crippen LogP contribution in [0.1, 0.15) is 51.2 Å². The summed E-state index contributed by atoms with van der Waals surface area (Å²) in [5, 5.41) is 12.3. The molecule has 1 saturated heterocycles. The molecule has 164 valence electrons. The van der Waals surface area contributed by atoms with Gasteiger partial charge in [-0.05, 0) is 48.4 Å². The number of para-hydroxylation sites is 2. The first kappa shape index (κ1) is 21.8. The Morgan fingerprint density at radius 2 is 1.74 bits per heavy atom. The molecule has 31 heavy (non-hydrogen) atoms. The van der Waals surface area contributed by atoms with E-state index >= 15 is 0 Å². The highest BCUT2D eigenvalue weighted by Crippen LogP contribution is 2.34. The van der Waals surface area contributed by atoms with Gasteiger partial charge in [-0.2, -0.15) is 0 Å². The van der Waals surface area contributed by atoms with Crippen molar-refractivity contribution in [1.82, 2.24) is 9.88 Å². The van der Waals surface area contributed by atoms with Crippen LogP contribution < -0.4 is 4.74 Å². The van der Waals surface area contributed by atoms with E-state index in [1.807, 2.05) is 30.5 Å². The van der Waals surface area contributed by atoms with Gasteiger partial charge < -0.3 is 14.7 Å². The summed E-state index contributed by atoms with van der Waals surface area (Å²) in [7, 11) is 0. The van der Waals surface area contributed by atoms with Crippen molar-refractivity contribution < 1.29 is 9.84 Å². The Bertz CT molecular complexity index is 1020. The zero-order valence-corrected chi connectivity index (χ0v) is 19.0. The third-order valence-corrected chi connectivity index (χ3v) is 6.38. The van der Waals surface area contributed by atoms with Crippen LogP contribution in [0.25, 0.3) is 10.9 Å². The van der Waals surface area contributed by atoms with Gasteiger partial charge in [0.1, 0.15) is 5.75 Å². The molecule has 4 nitrogen and oxygen atoms in total. The number of rotatable bonds is 6. The summed E-state index contributed by atoms with van der Waals surface area (Å²) < 4.78 is 6.12. The number of aromatic nitrogens is 1. The lowest BCUT2D eigenvalue weighted by atomic mass is 9.85. The molecule has 0 unspecified atom stereocenters. The fourth-order valence-electron chi connectivity index (χ4n) is 4.44. The van der Waals surface area contributed by atoms with E-state index in [0.717, 1.165) is 61.1 Å². The van der Waals surface area contributed by atoms with Crippen molar-refractivity contribution in [3.8, 4) is 5.75 Å². The zero-order valence-electron chi connectivity index (χ0n) is 19.0. The SMILES string of the molecule is CC(C)(C)c1ccccc1OCCCN1CCC(O)(c2cnc3ccccc3c2)CC1. The van der Waals surface area contributed by atoms with Gasteiger partial charge in [-0.3, -0.25) is 4.98 Å². The fraction of sp³-hybridized carbons (Fsp3) is 0.444. The van der Waals surface area contributed by atoms with Crippen LogP contribution in [-0.2, 0) is 11.0 Å². The van der Waals surface area contributed by atoms with Gasteiger partial charge in [0.15, 0.2) is 0 Å². The molecule has 0 amide bonds. The molecule has 0 spiro atoms. The molecule has 1 aromatic heterocycles. The molecular weight excluding hydrogens is 384 g/mol. The molecule has 1 aliphatic heterocycles. The van der Waals surface area contributed by atoms with Crippen molar-refractivity contribution in [3.05, 3.63) is 71.9 Å². The van der Waals surface area contributed by atoms with Crippen LogP contribution in [0.15, 0.2) is 60.8 Å². The number of pyridine rings is 1. The smallest absolute Gasteiger partial charge is 0.123 e. The topological polar surface area (TPSA) is 45.6 Å². The normalized spacial score (nSPS) is 17.0. The second-order valence-electron chi connectivity index (χ2n) is 9.74. The number of hydrogen-bond acceptors (Lipinski definition) is 4. The molecule has 0 atom stereocenters. The van der Waals surface area contributed by atoms with Crippen molar-refractivity contribution in [2.24, 2.45) is 0 Å². The summed E-state index contributed by atoms with van der Waals surface area (Å²) in [4.78, 5) is 6.98. The molecule has 0 radical (unpaired) electrons. The van der Waals surface area contributed by atoms with Gasteiger partial charge in [0.25, 0.3) is 0 Å². The Morgan fingerprint density at radius 1 is 1.03 bits per heavy atom. The average Bonchev–Trinajstić information content (AvgIpc) is 2.77. The van der Waals surface area contributed by atoms with E-state index in [2.05, 4.69) is 61.0 Å². The molecule has 0 saturated carbocycles. The van der Waals surface area contributed by atoms with Gasteiger partial charge in [0, 0.05) is 36.8 Å². The van der Waals surface area contributed by atoms with E-state index in [9.17, 15) is 5.11 Å². The third-order valence-electron chi connectivity index (χ3n) is 6.38. The van der Waals surface area contributed by atoms with Crippen LogP contribution in [0, 0.1) is 0 Å². The quantitative estimate of drug-likeness (QED) is 0.553. The summed E-state index contributed by atoms with van der Waals surface area (Å²) >= 11 is 0. The van der Waals surface area contributed by atoms with Gasteiger partial charge >= 0.3 is 0 Å². The molecule has 1 fully saturated rings. The molecule has 2 heterocycles. The Hall–Kier alpha value is -2.43. The first-order valence-electron chi connectivity index (χ1n) is 11.4. The molecule has 1 aliphatic rings. The van der Waals surface area contributed by atoms with E-state index in [0.29, 0.717) is 6.61 Å². The standard InChI is InChI=1S/C27H34N2O2/c1-26(2,3)23-10-5-7-12-25(23)31-18-8-15-29-16-13-27(30,14-17-29)22-19-21-9-4-6-11-24(21)28-20-22/h4-7,9-12,19-20,30H,8,13-18H2,1-3H3. The highest BCUT2D eigenvalue weighted by atomic mass is 16.5. The van der Waals surface area contributed by atoms with Crippen LogP contribution in [0.4, 0.5) is 0 Å². The lowest BCUT2D eigenvalue weighted by Crippen LogP contribution is -2.43. The van der Waals surface area contributed by atoms with Gasteiger partial charge in [-0.25, -0.2) is 0 Å². The van der Waals surface area contributed by atoms with Gasteiger partial charge in [-0.15, -0.1) is 0 Å². The number of hydrogen-bond donors (Lipinski definition) is 1. The van der Waals surface area contributed by atoms with Crippen LogP contribution in [0.5, 0.6) is 5.75 Å². The highest BCUT2D eigenvalue weighted by molar-refractivity contribution is 5.78. The summed E-state index contributed by atoms with van der Waals surface area (Å²) in [6, 6.07) is 18.5. The Morgan fingerprint density at radius 3 is 2.52 bits per heavy atom. The molecule has 1 N–H and O–H groups in total.